The molecule has 62 heavy (non-hydrogen) atoms. The Kier molecular flexibility index (Phi) is 13.0. The molecule has 7 rings (SSSR count). The van der Waals surface area contributed by atoms with E-state index >= 15 is 0 Å². The lowest BCUT2D eigenvalue weighted by atomic mass is 9.52. The van der Waals surface area contributed by atoms with Gasteiger partial charge in [0, 0.05) is 24.0 Å². The molecule has 332 valence electrons. The molecular weight excluding hydrogens is 824 g/mol. The first-order valence-corrected chi connectivity index (χ1v) is 19.4. The highest BCUT2D eigenvalue weighted by Gasteiger charge is 2.60. The molecule has 2 aliphatic heterocycles. The van der Waals surface area contributed by atoms with Crippen molar-refractivity contribution in [2.24, 2.45) is 11.8 Å². The zero-order valence-corrected chi connectivity index (χ0v) is 32.9. The summed E-state index contributed by atoms with van der Waals surface area (Å²) in [5, 5.41) is 84.5. The van der Waals surface area contributed by atoms with Crippen molar-refractivity contribution in [3.8, 4) is 23.0 Å². The lowest BCUT2D eigenvalue weighted by Gasteiger charge is -2.50. The van der Waals surface area contributed by atoms with Crippen LogP contribution < -0.4 is 20.3 Å². The van der Waals surface area contributed by atoms with Crippen molar-refractivity contribution < 1.29 is 87.7 Å². The quantitative estimate of drug-likeness (QED) is 0.0840. The average molecular weight is 869 g/mol. The van der Waals surface area contributed by atoms with Crippen LogP contribution in [0.25, 0.3) is 0 Å². The number of rotatable bonds is 12. The van der Waals surface area contributed by atoms with E-state index in [-0.39, 0.29) is 34.5 Å². The van der Waals surface area contributed by atoms with Gasteiger partial charge in [0.25, 0.3) is 0 Å². The van der Waals surface area contributed by atoms with Crippen LogP contribution in [0.2, 0.25) is 0 Å². The fourth-order valence-corrected chi connectivity index (χ4v) is 7.90. The first-order valence-electron chi connectivity index (χ1n) is 19.4. The minimum absolute atomic E-state index is 0.0289. The first-order chi connectivity index (χ1) is 29.5. The van der Waals surface area contributed by atoms with Crippen molar-refractivity contribution in [2.45, 2.75) is 87.1 Å². The second-order valence-electron chi connectivity index (χ2n) is 15.2. The summed E-state index contributed by atoms with van der Waals surface area (Å²) >= 11 is 0. The fourth-order valence-electron chi connectivity index (χ4n) is 7.90. The highest BCUT2D eigenvalue weighted by atomic mass is 16.7. The van der Waals surface area contributed by atoms with Gasteiger partial charge in [0.1, 0.15) is 85.1 Å². The van der Waals surface area contributed by atoms with Gasteiger partial charge < -0.3 is 78.1 Å². The molecule has 1 saturated carbocycles. The lowest BCUT2D eigenvalue weighted by molar-refractivity contribution is -0.280. The third-order valence-electron chi connectivity index (χ3n) is 11.2. The van der Waals surface area contributed by atoms with E-state index in [1.165, 1.54) is 62.4 Å². The molecule has 20 nitrogen and oxygen atoms in total. The van der Waals surface area contributed by atoms with Gasteiger partial charge in [-0.3, -0.25) is 19.2 Å². The number of phenols is 2. The van der Waals surface area contributed by atoms with Gasteiger partial charge in [-0.15, -0.1) is 0 Å². The lowest BCUT2D eigenvalue weighted by Crippen LogP contribution is -2.61. The highest BCUT2D eigenvalue weighted by molar-refractivity contribution is 5.85. The van der Waals surface area contributed by atoms with Gasteiger partial charge in [-0.1, -0.05) is 24.3 Å². The van der Waals surface area contributed by atoms with E-state index in [9.17, 15) is 60.0 Å². The zero-order valence-electron chi connectivity index (χ0n) is 32.9. The van der Waals surface area contributed by atoms with Gasteiger partial charge in [-0.25, -0.2) is 0 Å². The average Bonchev–Trinajstić information content (AvgIpc) is 3.23. The van der Waals surface area contributed by atoms with Gasteiger partial charge in [0.2, 0.25) is 34.9 Å². The largest absolute Gasteiger partial charge is 0.508 e. The standard InChI is InChI=1S/C42H44O20/c1-17-37(23(45)11-13-55-17)61-41-35(51)33(49)31(47)25(59-41)15-57-39(53)29-27(19-3-7-21(43)8-4-19)30(28(29)20-5-9-22(44)10-6-20)40(54)58-16-26-32(48)34(50)36(52)42(60-26)62-38-18(2)56-14-12-24(38)46/h3-14,25-36,41-44,47-52H,15-16H2,1-2H3/t25-,26-,27?,28?,29?,30?,31-,32-,33+,34+,35-,36-,41+,42+/m1/s1. The van der Waals surface area contributed by atoms with Crippen molar-refractivity contribution in [3.63, 3.8) is 0 Å². The second-order valence-corrected chi connectivity index (χ2v) is 15.2. The monoisotopic (exact) mass is 868 g/mol. The van der Waals surface area contributed by atoms with Crippen LogP contribution in [-0.4, -0.2) is 127 Å². The number of aliphatic hydroxyl groups excluding tert-OH is 6. The summed E-state index contributed by atoms with van der Waals surface area (Å²) in [6.45, 7) is 1.38. The van der Waals surface area contributed by atoms with Crippen LogP contribution in [0.1, 0.15) is 34.5 Å². The molecule has 4 heterocycles. The Balaban J connectivity index is 1.12. The number of esters is 2. The summed E-state index contributed by atoms with van der Waals surface area (Å²) in [7, 11) is 0. The Morgan fingerprint density at radius 1 is 0.532 bits per heavy atom. The first kappa shape index (κ1) is 44.2. The van der Waals surface area contributed by atoms with Crippen LogP contribution in [0.15, 0.2) is 91.6 Å². The predicted molar refractivity (Wildman–Crippen MR) is 205 cm³/mol. The molecule has 2 aromatic carbocycles. The predicted octanol–water partition coefficient (Wildman–Crippen LogP) is -0.406. The van der Waals surface area contributed by atoms with E-state index in [1.807, 2.05) is 0 Å². The minimum Gasteiger partial charge on any atom is -0.508 e. The number of aromatic hydroxyl groups is 2. The van der Waals surface area contributed by atoms with E-state index in [0.29, 0.717) is 11.1 Å². The Morgan fingerprint density at radius 3 is 1.23 bits per heavy atom. The number of ether oxygens (including phenoxy) is 6. The number of hydrogen-bond donors (Lipinski definition) is 8. The molecule has 1 aliphatic carbocycles. The summed E-state index contributed by atoms with van der Waals surface area (Å²) in [5.74, 6) is -7.19. The number of hydrogen-bond acceptors (Lipinski definition) is 20. The number of phenolic OH excluding ortho intramolecular Hbond substituents is 2. The van der Waals surface area contributed by atoms with Gasteiger partial charge >= 0.3 is 11.9 Å². The van der Waals surface area contributed by atoms with Gasteiger partial charge in [-0.05, 0) is 49.2 Å². The van der Waals surface area contributed by atoms with E-state index in [0.717, 1.165) is 24.7 Å². The molecule has 0 bridgehead atoms. The minimum atomic E-state index is -1.88. The molecule has 2 aromatic heterocycles. The van der Waals surface area contributed by atoms with Crippen LogP contribution in [0.4, 0.5) is 0 Å². The third kappa shape index (κ3) is 8.76. The summed E-state index contributed by atoms with van der Waals surface area (Å²) < 4.78 is 44.2. The number of aliphatic hydroxyl groups is 6. The summed E-state index contributed by atoms with van der Waals surface area (Å²) in [5.41, 5.74) is -0.509. The van der Waals surface area contributed by atoms with E-state index in [1.54, 1.807) is 0 Å². The Hall–Kier alpha value is -5.84. The second kappa shape index (κ2) is 18.2. The maximum atomic E-state index is 14.2. The highest BCUT2D eigenvalue weighted by Crippen LogP contribution is 2.58. The molecule has 3 aliphatic rings. The molecule has 0 spiro atoms. The Bertz CT molecular complexity index is 2150. The van der Waals surface area contributed by atoms with Crippen LogP contribution in [0, 0.1) is 25.7 Å². The van der Waals surface area contributed by atoms with Gasteiger partial charge in [-0.2, -0.15) is 0 Å². The van der Waals surface area contributed by atoms with Crippen molar-refractivity contribution in [1.82, 2.24) is 0 Å². The van der Waals surface area contributed by atoms with Crippen molar-refractivity contribution in [3.05, 3.63) is 116 Å². The molecule has 0 amide bonds. The molecule has 4 aromatic rings. The fraction of sp³-hybridized carbons (Fsp3) is 0.429. The van der Waals surface area contributed by atoms with Crippen molar-refractivity contribution in [2.75, 3.05) is 13.2 Å². The van der Waals surface area contributed by atoms with E-state index in [4.69, 9.17) is 37.3 Å². The molecule has 0 radical (unpaired) electrons. The summed E-state index contributed by atoms with van der Waals surface area (Å²) in [6, 6.07) is 13.3. The molecule has 0 unspecified atom stereocenters. The smallest absolute Gasteiger partial charge is 0.310 e. The Labute approximate surface area is 350 Å². The number of benzene rings is 2. The van der Waals surface area contributed by atoms with Crippen molar-refractivity contribution >= 4 is 11.9 Å². The zero-order chi connectivity index (χ0) is 44.6. The topological polar surface area (TPSA) is 312 Å². The molecule has 8 N–H and O–H groups in total. The summed E-state index contributed by atoms with van der Waals surface area (Å²) in [6.07, 6.45) is -15.3. The van der Waals surface area contributed by atoms with E-state index < -0.39 is 121 Å². The molecule has 2 saturated heterocycles. The maximum Gasteiger partial charge on any atom is 0.310 e. The maximum absolute atomic E-state index is 14.2. The third-order valence-corrected chi connectivity index (χ3v) is 11.2. The Morgan fingerprint density at radius 2 is 0.887 bits per heavy atom. The van der Waals surface area contributed by atoms with Crippen LogP contribution in [0.3, 0.4) is 0 Å². The van der Waals surface area contributed by atoms with Crippen LogP contribution >= 0.6 is 0 Å². The number of aryl methyl sites for hydroxylation is 2. The molecule has 3 fully saturated rings. The summed E-state index contributed by atoms with van der Waals surface area (Å²) in [4.78, 5) is 53.3. The molecule has 20 heteroatoms. The van der Waals surface area contributed by atoms with Gasteiger partial charge in [0.05, 0.1) is 24.4 Å². The van der Waals surface area contributed by atoms with Gasteiger partial charge in [0.15, 0.2) is 0 Å². The number of carbonyl (C=O) groups is 2. The SMILES string of the molecule is Cc1occc(=O)c1O[C@@H]1O[C@H](COC(=O)C2C(c3ccc(O)cc3)C(C(=O)OC[C@H]3O[C@@H](Oc4c(C)occc4=O)[C@H](O)[C@@H](O)[C@@H]3O)C2c2ccc(O)cc2)[C@@H](O)[C@H](O)[C@H]1O. The molecule has 10 atom stereocenters. The van der Waals surface area contributed by atoms with Crippen molar-refractivity contribution in [1.29, 1.82) is 0 Å². The number of carbonyl (C=O) groups excluding carboxylic acids is 2. The van der Waals surface area contributed by atoms with Crippen LogP contribution in [0.5, 0.6) is 23.0 Å². The normalized spacial score (nSPS) is 31.9. The molecular formula is C42H44O20. The van der Waals surface area contributed by atoms with E-state index in [2.05, 4.69) is 0 Å². The van der Waals surface area contributed by atoms with Crippen LogP contribution in [-0.2, 0) is 28.5 Å².